The van der Waals surface area contributed by atoms with Crippen LogP contribution in [0.4, 0.5) is 0 Å². The Bertz CT molecular complexity index is 518. The molecule has 0 saturated carbocycles. The monoisotopic (exact) mass is 301 g/mol. The molecular formula is C12H23N5O2S. The molecule has 20 heavy (non-hydrogen) atoms. The number of hydrogen-bond donors (Lipinski definition) is 3. The lowest BCUT2D eigenvalue weighted by Gasteiger charge is -2.22. The summed E-state index contributed by atoms with van der Waals surface area (Å²) in [6.45, 7) is 7.77. The molecule has 0 aliphatic rings. The summed E-state index contributed by atoms with van der Waals surface area (Å²) < 4.78 is 1.64. The van der Waals surface area contributed by atoms with Gasteiger partial charge in [-0.05, 0) is 26.7 Å². The second-order valence-electron chi connectivity index (χ2n) is 5.60. The van der Waals surface area contributed by atoms with Gasteiger partial charge in [0.05, 0.1) is 0 Å². The molecule has 0 aromatic carbocycles. The summed E-state index contributed by atoms with van der Waals surface area (Å²) in [4.78, 5) is 11.6. The van der Waals surface area contributed by atoms with Crippen molar-refractivity contribution < 1.29 is 5.21 Å². The zero-order valence-corrected chi connectivity index (χ0v) is 13.2. The third kappa shape index (κ3) is 4.03. The molecule has 1 aromatic rings. The van der Waals surface area contributed by atoms with Crippen LogP contribution in [-0.2, 0) is 0 Å². The number of hydrogen-bond acceptors (Lipinski definition) is 5. The number of thioether (sulfide) groups is 1. The van der Waals surface area contributed by atoms with E-state index in [-0.39, 0.29) is 23.0 Å². The maximum Gasteiger partial charge on any atom is 0.344 e. The van der Waals surface area contributed by atoms with Gasteiger partial charge in [-0.3, -0.25) is 4.57 Å². The van der Waals surface area contributed by atoms with Crippen molar-refractivity contribution in [3.05, 3.63) is 10.5 Å². The molecule has 0 aliphatic heterocycles. The Morgan fingerprint density at radius 2 is 2.25 bits per heavy atom. The largest absolute Gasteiger partial charge is 0.409 e. The summed E-state index contributed by atoms with van der Waals surface area (Å²) in [5, 5.41) is 19.0. The van der Waals surface area contributed by atoms with Gasteiger partial charge in [0.2, 0.25) is 0 Å². The van der Waals surface area contributed by atoms with E-state index >= 15 is 0 Å². The summed E-state index contributed by atoms with van der Waals surface area (Å²) in [5.74, 6) is 1.06. The predicted molar refractivity (Wildman–Crippen MR) is 80.4 cm³/mol. The average Bonchev–Trinajstić information content (AvgIpc) is 2.74. The number of amidine groups is 1. The van der Waals surface area contributed by atoms with Crippen molar-refractivity contribution >= 4 is 17.6 Å². The number of H-pyrrole nitrogens is 1. The molecule has 0 saturated heterocycles. The average molecular weight is 301 g/mol. The zero-order chi connectivity index (χ0) is 15.3. The van der Waals surface area contributed by atoms with Crippen molar-refractivity contribution in [2.75, 3.05) is 5.75 Å². The van der Waals surface area contributed by atoms with Gasteiger partial charge in [0.15, 0.2) is 5.16 Å². The third-order valence-corrected chi connectivity index (χ3v) is 4.21. The van der Waals surface area contributed by atoms with Crippen molar-refractivity contribution in [1.82, 2.24) is 14.8 Å². The second kappa shape index (κ2) is 6.83. The Labute approximate surface area is 122 Å². The van der Waals surface area contributed by atoms with Crippen LogP contribution < -0.4 is 11.4 Å². The number of rotatable bonds is 7. The Hall–Kier alpha value is -1.44. The fourth-order valence-electron chi connectivity index (χ4n) is 1.79. The fraction of sp³-hybridized carbons (Fsp3) is 0.750. The van der Waals surface area contributed by atoms with E-state index in [1.807, 2.05) is 27.7 Å². The Morgan fingerprint density at radius 3 is 2.80 bits per heavy atom. The van der Waals surface area contributed by atoms with Crippen LogP contribution >= 0.6 is 11.8 Å². The predicted octanol–water partition coefficient (Wildman–Crippen LogP) is 1.80. The molecule has 4 N–H and O–H groups in total. The van der Waals surface area contributed by atoms with E-state index in [4.69, 9.17) is 10.9 Å². The molecule has 8 heteroatoms. The molecule has 0 atom stereocenters. The first kappa shape index (κ1) is 16.6. The molecule has 7 nitrogen and oxygen atoms in total. The van der Waals surface area contributed by atoms with E-state index in [0.29, 0.717) is 5.16 Å². The Morgan fingerprint density at radius 1 is 1.60 bits per heavy atom. The quantitative estimate of drug-likeness (QED) is 0.178. The van der Waals surface area contributed by atoms with Crippen molar-refractivity contribution in [2.45, 2.75) is 51.7 Å². The zero-order valence-electron chi connectivity index (χ0n) is 12.4. The van der Waals surface area contributed by atoms with Gasteiger partial charge in [-0.15, -0.1) is 5.10 Å². The van der Waals surface area contributed by atoms with E-state index < -0.39 is 0 Å². The lowest BCUT2D eigenvalue weighted by Crippen LogP contribution is -2.31. The van der Waals surface area contributed by atoms with Gasteiger partial charge in [-0.2, -0.15) is 0 Å². The van der Waals surface area contributed by atoms with E-state index in [9.17, 15) is 4.79 Å². The van der Waals surface area contributed by atoms with Crippen molar-refractivity contribution in [1.29, 1.82) is 0 Å². The maximum atomic E-state index is 11.6. The molecule has 0 fully saturated rings. The van der Waals surface area contributed by atoms with Crippen molar-refractivity contribution in [3.63, 3.8) is 0 Å². The summed E-state index contributed by atoms with van der Waals surface area (Å²) in [5.41, 5.74) is 5.13. The highest BCUT2D eigenvalue weighted by Gasteiger charge is 2.23. The number of aromatic nitrogens is 3. The minimum Gasteiger partial charge on any atom is -0.409 e. The number of nitrogens with two attached hydrogens (primary N) is 1. The standard InChI is InChI=1S/C12H23N5O2S/c1-8(2)17-10(18)14-15-11(17)20-7-5-6-12(3,4)9(13)16-19/h8,19H,5-7H2,1-4H3,(H2,13,16)(H,14,18). The summed E-state index contributed by atoms with van der Waals surface area (Å²) in [7, 11) is 0. The maximum absolute atomic E-state index is 11.6. The molecule has 0 bridgehead atoms. The van der Waals surface area contributed by atoms with Crippen molar-refractivity contribution in [2.24, 2.45) is 16.3 Å². The number of nitrogens with one attached hydrogen (secondary N) is 1. The van der Waals surface area contributed by atoms with Crippen molar-refractivity contribution in [3.8, 4) is 0 Å². The molecular weight excluding hydrogens is 278 g/mol. The molecule has 0 radical (unpaired) electrons. The summed E-state index contributed by atoms with van der Waals surface area (Å²) in [6.07, 6.45) is 1.68. The van der Waals surface area contributed by atoms with Crippen LogP contribution in [0.5, 0.6) is 0 Å². The lowest BCUT2D eigenvalue weighted by atomic mass is 9.87. The van der Waals surface area contributed by atoms with Crippen LogP contribution in [-0.4, -0.2) is 31.6 Å². The van der Waals surface area contributed by atoms with Gasteiger partial charge in [-0.25, -0.2) is 9.89 Å². The van der Waals surface area contributed by atoms with Crippen LogP contribution in [0.25, 0.3) is 0 Å². The van der Waals surface area contributed by atoms with Crippen LogP contribution in [0.2, 0.25) is 0 Å². The normalized spacial score (nSPS) is 13.2. The molecule has 0 spiro atoms. The molecule has 0 amide bonds. The highest BCUT2D eigenvalue weighted by molar-refractivity contribution is 7.99. The van der Waals surface area contributed by atoms with Gasteiger partial charge in [0.1, 0.15) is 5.84 Å². The number of aromatic amines is 1. The highest BCUT2D eigenvalue weighted by Crippen LogP contribution is 2.25. The third-order valence-electron chi connectivity index (χ3n) is 3.17. The van der Waals surface area contributed by atoms with Gasteiger partial charge < -0.3 is 10.9 Å². The summed E-state index contributed by atoms with van der Waals surface area (Å²) in [6, 6.07) is 0.0809. The van der Waals surface area contributed by atoms with Gasteiger partial charge >= 0.3 is 5.69 Å². The van der Waals surface area contributed by atoms with Crippen LogP contribution in [0, 0.1) is 5.41 Å². The van der Waals surface area contributed by atoms with E-state index in [0.717, 1.165) is 18.6 Å². The fourth-order valence-corrected chi connectivity index (χ4v) is 2.80. The van der Waals surface area contributed by atoms with Gasteiger partial charge in [0, 0.05) is 17.2 Å². The lowest BCUT2D eigenvalue weighted by molar-refractivity contribution is 0.305. The van der Waals surface area contributed by atoms with E-state index in [2.05, 4.69) is 15.4 Å². The summed E-state index contributed by atoms with van der Waals surface area (Å²) >= 11 is 1.53. The smallest absolute Gasteiger partial charge is 0.344 e. The number of oxime groups is 1. The highest BCUT2D eigenvalue weighted by atomic mass is 32.2. The molecule has 114 valence electrons. The van der Waals surface area contributed by atoms with Crippen LogP contribution in [0.1, 0.15) is 46.6 Å². The Balaban J connectivity index is 2.52. The minimum absolute atomic E-state index is 0.0809. The molecule has 0 unspecified atom stereocenters. The SMILES string of the molecule is CC(C)n1c(SCCCC(C)(C)C(N)=NO)n[nH]c1=O. The molecule has 0 aliphatic carbocycles. The van der Waals surface area contributed by atoms with Gasteiger partial charge in [-0.1, -0.05) is 30.8 Å². The second-order valence-corrected chi connectivity index (χ2v) is 6.66. The number of nitrogens with zero attached hydrogens (tertiary/aromatic N) is 3. The van der Waals surface area contributed by atoms with E-state index in [1.54, 1.807) is 4.57 Å². The minimum atomic E-state index is -0.335. The first-order valence-electron chi connectivity index (χ1n) is 6.57. The Kier molecular flexibility index (Phi) is 5.67. The van der Waals surface area contributed by atoms with E-state index in [1.165, 1.54) is 11.8 Å². The van der Waals surface area contributed by atoms with Gasteiger partial charge in [0.25, 0.3) is 0 Å². The van der Waals surface area contributed by atoms with Crippen LogP contribution in [0.15, 0.2) is 15.1 Å². The molecule has 1 heterocycles. The molecule has 1 aromatic heterocycles. The van der Waals surface area contributed by atoms with Crippen LogP contribution in [0.3, 0.4) is 0 Å². The molecule has 1 rings (SSSR count). The topological polar surface area (TPSA) is 109 Å². The first-order valence-corrected chi connectivity index (χ1v) is 7.56. The first-order chi connectivity index (χ1) is 9.29.